The highest BCUT2D eigenvalue weighted by Crippen LogP contribution is 2.17. The van der Waals surface area contributed by atoms with E-state index in [9.17, 15) is 4.79 Å². The second kappa shape index (κ2) is 5.54. The van der Waals surface area contributed by atoms with Gasteiger partial charge in [-0.1, -0.05) is 26.0 Å². The molecule has 0 atom stereocenters. The molecular weight excluding hydrogens is 188 g/mol. The van der Waals surface area contributed by atoms with Crippen LogP contribution < -0.4 is 4.74 Å². The van der Waals surface area contributed by atoms with Gasteiger partial charge in [0.1, 0.15) is 5.75 Å². The summed E-state index contributed by atoms with van der Waals surface area (Å²) in [5.74, 6) is 0.862. The SMILES string of the molecule is CCC(CC)Oc1cccc(C(C)=O)c1. The highest BCUT2D eigenvalue weighted by molar-refractivity contribution is 5.94. The monoisotopic (exact) mass is 206 g/mol. The van der Waals surface area contributed by atoms with E-state index in [0.717, 1.165) is 18.6 Å². The van der Waals surface area contributed by atoms with Gasteiger partial charge >= 0.3 is 0 Å². The summed E-state index contributed by atoms with van der Waals surface area (Å²) in [7, 11) is 0. The second-order valence-corrected chi connectivity index (χ2v) is 3.64. The van der Waals surface area contributed by atoms with E-state index >= 15 is 0 Å². The van der Waals surface area contributed by atoms with Gasteiger partial charge in [0.2, 0.25) is 0 Å². The number of hydrogen-bond donors (Lipinski definition) is 0. The van der Waals surface area contributed by atoms with Gasteiger partial charge in [0.15, 0.2) is 5.78 Å². The van der Waals surface area contributed by atoms with Crippen molar-refractivity contribution in [2.24, 2.45) is 0 Å². The van der Waals surface area contributed by atoms with E-state index in [1.807, 2.05) is 18.2 Å². The van der Waals surface area contributed by atoms with Crippen LogP contribution in [0.25, 0.3) is 0 Å². The summed E-state index contributed by atoms with van der Waals surface area (Å²) in [6, 6.07) is 7.36. The number of hydrogen-bond acceptors (Lipinski definition) is 2. The predicted octanol–water partition coefficient (Wildman–Crippen LogP) is 3.46. The Bertz CT molecular complexity index is 327. The summed E-state index contributed by atoms with van der Waals surface area (Å²) in [5, 5.41) is 0. The number of rotatable bonds is 5. The number of Topliss-reactive ketones (excluding diaryl/α,β-unsaturated/α-hetero) is 1. The molecule has 0 aliphatic rings. The number of benzene rings is 1. The van der Waals surface area contributed by atoms with Crippen molar-refractivity contribution >= 4 is 5.78 Å². The highest BCUT2D eigenvalue weighted by atomic mass is 16.5. The summed E-state index contributed by atoms with van der Waals surface area (Å²) in [6.07, 6.45) is 2.22. The third kappa shape index (κ3) is 3.39. The zero-order valence-electron chi connectivity index (χ0n) is 9.62. The van der Waals surface area contributed by atoms with E-state index < -0.39 is 0 Å². The van der Waals surface area contributed by atoms with Crippen LogP contribution in [0, 0.1) is 0 Å². The Morgan fingerprint density at radius 1 is 1.33 bits per heavy atom. The second-order valence-electron chi connectivity index (χ2n) is 3.64. The van der Waals surface area contributed by atoms with Crippen LogP contribution >= 0.6 is 0 Å². The molecule has 15 heavy (non-hydrogen) atoms. The molecule has 0 spiro atoms. The molecule has 1 rings (SSSR count). The fraction of sp³-hybridized carbons (Fsp3) is 0.462. The maximum absolute atomic E-state index is 11.2. The fourth-order valence-corrected chi connectivity index (χ4v) is 1.44. The third-order valence-electron chi connectivity index (χ3n) is 2.45. The predicted molar refractivity (Wildman–Crippen MR) is 61.4 cm³/mol. The summed E-state index contributed by atoms with van der Waals surface area (Å²) in [5.41, 5.74) is 0.707. The van der Waals surface area contributed by atoms with Crippen LogP contribution in [0.4, 0.5) is 0 Å². The van der Waals surface area contributed by atoms with Crippen molar-refractivity contribution in [1.82, 2.24) is 0 Å². The Balaban J connectivity index is 2.77. The molecule has 2 heteroatoms. The lowest BCUT2D eigenvalue weighted by Gasteiger charge is -2.15. The number of ether oxygens (including phenoxy) is 1. The molecule has 0 aliphatic carbocycles. The first-order valence-corrected chi connectivity index (χ1v) is 5.45. The lowest BCUT2D eigenvalue weighted by atomic mass is 10.1. The maximum Gasteiger partial charge on any atom is 0.159 e. The van der Waals surface area contributed by atoms with E-state index in [1.165, 1.54) is 0 Å². The van der Waals surface area contributed by atoms with E-state index in [4.69, 9.17) is 4.74 Å². The van der Waals surface area contributed by atoms with Crippen molar-refractivity contribution < 1.29 is 9.53 Å². The van der Waals surface area contributed by atoms with Crippen LogP contribution in [0.1, 0.15) is 44.0 Å². The van der Waals surface area contributed by atoms with Gasteiger partial charge in [-0.05, 0) is 31.9 Å². The van der Waals surface area contributed by atoms with Gasteiger partial charge in [-0.3, -0.25) is 4.79 Å². The van der Waals surface area contributed by atoms with Crippen LogP contribution in [-0.4, -0.2) is 11.9 Å². The average molecular weight is 206 g/mol. The Kier molecular flexibility index (Phi) is 4.35. The smallest absolute Gasteiger partial charge is 0.159 e. The molecule has 0 heterocycles. The van der Waals surface area contributed by atoms with Crippen LogP contribution in [0.5, 0.6) is 5.75 Å². The quantitative estimate of drug-likeness (QED) is 0.690. The molecule has 0 saturated heterocycles. The first-order chi connectivity index (χ1) is 7.17. The molecule has 82 valence electrons. The van der Waals surface area contributed by atoms with E-state index in [2.05, 4.69) is 13.8 Å². The first kappa shape index (κ1) is 11.8. The summed E-state index contributed by atoms with van der Waals surface area (Å²) in [4.78, 5) is 11.2. The molecule has 0 N–H and O–H groups in total. The topological polar surface area (TPSA) is 26.3 Å². The number of carbonyl (C=O) groups is 1. The largest absolute Gasteiger partial charge is 0.490 e. The Labute approximate surface area is 91.3 Å². The molecule has 0 aromatic heterocycles. The minimum atomic E-state index is 0.0741. The van der Waals surface area contributed by atoms with Crippen molar-refractivity contribution in [2.45, 2.75) is 39.7 Å². The molecule has 2 nitrogen and oxygen atoms in total. The lowest BCUT2D eigenvalue weighted by molar-refractivity contribution is 0.101. The normalized spacial score (nSPS) is 10.4. The summed E-state index contributed by atoms with van der Waals surface area (Å²) >= 11 is 0. The van der Waals surface area contributed by atoms with Crippen LogP contribution in [-0.2, 0) is 0 Å². The van der Waals surface area contributed by atoms with Gasteiger partial charge in [0, 0.05) is 5.56 Å². The number of carbonyl (C=O) groups excluding carboxylic acids is 1. The standard InChI is InChI=1S/C13H18O2/c1-4-12(5-2)15-13-8-6-7-11(9-13)10(3)14/h6-9,12H,4-5H2,1-3H3. The average Bonchev–Trinajstić information content (AvgIpc) is 2.26. The molecule has 1 aromatic rings. The van der Waals surface area contributed by atoms with Crippen molar-refractivity contribution in [1.29, 1.82) is 0 Å². The molecule has 0 aliphatic heterocycles. The van der Waals surface area contributed by atoms with Gasteiger partial charge < -0.3 is 4.74 Å². The number of ketones is 1. The molecule has 0 unspecified atom stereocenters. The molecule has 0 radical (unpaired) electrons. The molecule has 0 amide bonds. The maximum atomic E-state index is 11.2. The Hall–Kier alpha value is -1.31. The molecular formula is C13H18O2. The van der Waals surface area contributed by atoms with Gasteiger partial charge in [0.05, 0.1) is 6.10 Å². The highest BCUT2D eigenvalue weighted by Gasteiger charge is 2.06. The Morgan fingerprint density at radius 3 is 2.53 bits per heavy atom. The van der Waals surface area contributed by atoms with Crippen molar-refractivity contribution in [2.75, 3.05) is 0 Å². The fourth-order valence-electron chi connectivity index (χ4n) is 1.44. The zero-order valence-corrected chi connectivity index (χ0v) is 9.62. The van der Waals surface area contributed by atoms with E-state index in [-0.39, 0.29) is 11.9 Å². The van der Waals surface area contributed by atoms with Crippen molar-refractivity contribution in [3.63, 3.8) is 0 Å². The summed E-state index contributed by atoms with van der Waals surface area (Å²) < 4.78 is 5.75. The molecule has 1 aromatic carbocycles. The van der Waals surface area contributed by atoms with Crippen molar-refractivity contribution in [3.8, 4) is 5.75 Å². The van der Waals surface area contributed by atoms with Crippen LogP contribution in [0.3, 0.4) is 0 Å². The summed E-state index contributed by atoms with van der Waals surface area (Å²) in [6.45, 7) is 5.77. The molecule has 0 bridgehead atoms. The van der Waals surface area contributed by atoms with Gasteiger partial charge in [-0.25, -0.2) is 0 Å². The minimum Gasteiger partial charge on any atom is -0.490 e. The van der Waals surface area contributed by atoms with Crippen molar-refractivity contribution in [3.05, 3.63) is 29.8 Å². The Morgan fingerprint density at radius 2 is 2.00 bits per heavy atom. The van der Waals surface area contributed by atoms with E-state index in [0.29, 0.717) is 5.56 Å². The third-order valence-corrected chi connectivity index (χ3v) is 2.45. The lowest BCUT2D eigenvalue weighted by Crippen LogP contribution is -2.13. The van der Waals surface area contributed by atoms with Gasteiger partial charge in [0.25, 0.3) is 0 Å². The van der Waals surface area contributed by atoms with Crippen LogP contribution in [0.15, 0.2) is 24.3 Å². The van der Waals surface area contributed by atoms with Gasteiger partial charge in [-0.2, -0.15) is 0 Å². The van der Waals surface area contributed by atoms with E-state index in [1.54, 1.807) is 13.0 Å². The zero-order chi connectivity index (χ0) is 11.3. The molecule has 0 fully saturated rings. The molecule has 0 saturated carbocycles. The minimum absolute atomic E-state index is 0.0741. The first-order valence-electron chi connectivity index (χ1n) is 5.45. The van der Waals surface area contributed by atoms with Gasteiger partial charge in [-0.15, -0.1) is 0 Å². The van der Waals surface area contributed by atoms with Crippen LogP contribution in [0.2, 0.25) is 0 Å².